The molecule has 0 aliphatic carbocycles. The van der Waals surface area contributed by atoms with E-state index in [1.807, 2.05) is 6.92 Å². The number of sulfonamides is 1. The van der Waals surface area contributed by atoms with Crippen molar-refractivity contribution in [1.29, 1.82) is 0 Å². The molecule has 1 atom stereocenters. The number of unbranched alkanes of at least 4 members (excludes halogenated alkanes) is 1. The van der Waals surface area contributed by atoms with Crippen molar-refractivity contribution in [1.82, 2.24) is 0 Å². The maximum absolute atomic E-state index is 12.3. The lowest BCUT2D eigenvalue weighted by atomic mass is 9.98. The molecule has 136 valence electrons. The van der Waals surface area contributed by atoms with E-state index in [4.69, 9.17) is 4.74 Å². The van der Waals surface area contributed by atoms with Crippen molar-refractivity contribution in [3.05, 3.63) is 18.2 Å². The molecule has 1 amide bonds. The summed E-state index contributed by atoms with van der Waals surface area (Å²) in [6.07, 6.45) is 3.73. The van der Waals surface area contributed by atoms with Gasteiger partial charge in [0.1, 0.15) is 5.75 Å². The molecule has 0 bridgehead atoms. The monoisotopic (exact) mass is 356 g/mol. The third-order valence-electron chi connectivity index (χ3n) is 3.88. The molecular weight excluding hydrogens is 328 g/mol. The van der Waals surface area contributed by atoms with E-state index in [9.17, 15) is 13.2 Å². The van der Waals surface area contributed by atoms with E-state index in [0.29, 0.717) is 17.1 Å². The molecule has 0 fully saturated rings. The molecule has 0 aliphatic rings. The smallest absolute Gasteiger partial charge is 0.232 e. The number of rotatable bonds is 10. The van der Waals surface area contributed by atoms with Gasteiger partial charge in [-0.3, -0.25) is 9.52 Å². The highest BCUT2D eigenvalue weighted by Crippen LogP contribution is 2.29. The third-order valence-corrected chi connectivity index (χ3v) is 5.18. The number of ether oxygens (including phenoxy) is 1. The number of carbonyl (C=O) groups excluding carboxylic acids is 1. The van der Waals surface area contributed by atoms with Crippen LogP contribution < -0.4 is 14.8 Å². The van der Waals surface area contributed by atoms with E-state index in [-0.39, 0.29) is 17.6 Å². The Hall–Kier alpha value is -1.76. The topological polar surface area (TPSA) is 84.5 Å². The largest absolute Gasteiger partial charge is 0.494 e. The van der Waals surface area contributed by atoms with Crippen molar-refractivity contribution in [2.24, 2.45) is 5.92 Å². The van der Waals surface area contributed by atoms with Gasteiger partial charge in [0.2, 0.25) is 15.9 Å². The number of anilines is 2. The Morgan fingerprint density at radius 1 is 1.25 bits per heavy atom. The van der Waals surface area contributed by atoms with Crippen LogP contribution in [0.25, 0.3) is 0 Å². The summed E-state index contributed by atoms with van der Waals surface area (Å²) in [5.41, 5.74) is 0.946. The molecule has 1 aromatic rings. The van der Waals surface area contributed by atoms with Crippen molar-refractivity contribution in [2.75, 3.05) is 22.9 Å². The SMILES string of the molecule is CCCCC(CC)C(=O)Nc1ccc(NS(=O)(=O)CC)c(OC)c1. The molecule has 1 unspecified atom stereocenters. The average molecular weight is 356 g/mol. The quantitative estimate of drug-likeness (QED) is 0.671. The molecule has 2 N–H and O–H groups in total. The minimum absolute atomic E-state index is 0.0186. The number of hydrogen-bond acceptors (Lipinski definition) is 4. The zero-order chi connectivity index (χ0) is 18.2. The van der Waals surface area contributed by atoms with Crippen molar-refractivity contribution in [3.63, 3.8) is 0 Å². The standard InChI is InChI=1S/C17H28N2O4S/c1-5-8-9-13(6-2)17(20)18-14-10-11-15(16(12-14)23-4)19-24(21,22)7-3/h10-13,19H,5-9H2,1-4H3,(H,18,20). The maximum Gasteiger partial charge on any atom is 0.232 e. The zero-order valence-corrected chi connectivity index (χ0v) is 15.7. The Labute approximate surface area is 145 Å². The van der Waals surface area contributed by atoms with E-state index < -0.39 is 10.0 Å². The van der Waals surface area contributed by atoms with Gasteiger partial charge in [0.15, 0.2) is 0 Å². The lowest BCUT2D eigenvalue weighted by molar-refractivity contribution is -0.120. The summed E-state index contributed by atoms with van der Waals surface area (Å²) in [5, 5.41) is 2.88. The first kappa shape index (κ1) is 20.3. The molecule has 1 rings (SSSR count). The van der Waals surface area contributed by atoms with Gasteiger partial charge < -0.3 is 10.1 Å². The van der Waals surface area contributed by atoms with Crippen LogP contribution in [0.15, 0.2) is 18.2 Å². The molecule has 0 heterocycles. The summed E-state index contributed by atoms with van der Waals surface area (Å²) in [4.78, 5) is 12.3. The van der Waals surface area contributed by atoms with Gasteiger partial charge in [0.05, 0.1) is 18.6 Å². The number of amides is 1. The first-order valence-corrected chi connectivity index (χ1v) is 10.0. The lowest BCUT2D eigenvalue weighted by Crippen LogP contribution is -2.22. The second kappa shape index (κ2) is 9.52. The summed E-state index contributed by atoms with van der Waals surface area (Å²) in [5.74, 6) is 0.306. The van der Waals surface area contributed by atoms with Crippen LogP contribution in [0.5, 0.6) is 5.75 Å². The molecular formula is C17H28N2O4S. The minimum atomic E-state index is -3.39. The molecule has 7 heteroatoms. The first-order valence-electron chi connectivity index (χ1n) is 8.36. The predicted molar refractivity (Wildman–Crippen MR) is 98.0 cm³/mol. The zero-order valence-electron chi connectivity index (χ0n) is 14.9. The van der Waals surface area contributed by atoms with Crippen molar-refractivity contribution in [3.8, 4) is 5.75 Å². The minimum Gasteiger partial charge on any atom is -0.494 e. The Morgan fingerprint density at radius 2 is 1.96 bits per heavy atom. The number of carbonyl (C=O) groups is 1. The van der Waals surface area contributed by atoms with Gasteiger partial charge in [-0.15, -0.1) is 0 Å². The number of benzene rings is 1. The molecule has 0 aliphatic heterocycles. The van der Waals surface area contributed by atoms with E-state index >= 15 is 0 Å². The molecule has 0 saturated carbocycles. The molecule has 0 radical (unpaired) electrons. The van der Waals surface area contributed by atoms with Crippen molar-refractivity contribution in [2.45, 2.75) is 46.5 Å². The summed E-state index contributed by atoms with van der Waals surface area (Å²) < 4.78 is 31.1. The summed E-state index contributed by atoms with van der Waals surface area (Å²) in [7, 11) is -1.93. The first-order chi connectivity index (χ1) is 11.4. The van der Waals surface area contributed by atoms with E-state index in [0.717, 1.165) is 25.7 Å². The van der Waals surface area contributed by atoms with Crippen LogP contribution in [0.3, 0.4) is 0 Å². The van der Waals surface area contributed by atoms with Crippen molar-refractivity contribution < 1.29 is 17.9 Å². The summed E-state index contributed by atoms with van der Waals surface area (Å²) >= 11 is 0. The normalized spacial score (nSPS) is 12.5. The van der Waals surface area contributed by atoms with Crippen LogP contribution in [-0.2, 0) is 14.8 Å². The number of methoxy groups -OCH3 is 1. The van der Waals surface area contributed by atoms with Gasteiger partial charge >= 0.3 is 0 Å². The second-order valence-corrected chi connectivity index (χ2v) is 7.67. The molecule has 0 aromatic heterocycles. The number of hydrogen-bond donors (Lipinski definition) is 2. The van der Waals surface area contributed by atoms with Crippen LogP contribution >= 0.6 is 0 Å². The summed E-state index contributed by atoms with van der Waals surface area (Å²) in [6, 6.07) is 4.88. The maximum atomic E-state index is 12.3. The fourth-order valence-corrected chi connectivity index (χ4v) is 2.96. The van der Waals surface area contributed by atoms with Crippen LogP contribution in [0.2, 0.25) is 0 Å². The summed E-state index contributed by atoms with van der Waals surface area (Å²) in [6.45, 7) is 5.67. The van der Waals surface area contributed by atoms with E-state index in [1.165, 1.54) is 7.11 Å². The predicted octanol–water partition coefficient (Wildman–Crippen LogP) is 3.61. The van der Waals surface area contributed by atoms with Gasteiger partial charge in [0, 0.05) is 17.7 Å². The molecule has 1 aromatic carbocycles. The fourth-order valence-electron chi connectivity index (χ4n) is 2.31. The Morgan fingerprint density at radius 3 is 2.50 bits per heavy atom. The lowest BCUT2D eigenvalue weighted by Gasteiger charge is -2.16. The molecule has 6 nitrogen and oxygen atoms in total. The third kappa shape index (κ3) is 6.03. The van der Waals surface area contributed by atoms with Crippen LogP contribution in [0.1, 0.15) is 46.5 Å². The van der Waals surface area contributed by atoms with Gasteiger partial charge in [0.25, 0.3) is 0 Å². The highest BCUT2D eigenvalue weighted by Gasteiger charge is 2.17. The van der Waals surface area contributed by atoms with Crippen LogP contribution in [-0.4, -0.2) is 27.2 Å². The van der Waals surface area contributed by atoms with E-state index in [1.54, 1.807) is 25.1 Å². The highest BCUT2D eigenvalue weighted by molar-refractivity contribution is 7.92. The van der Waals surface area contributed by atoms with Gasteiger partial charge in [-0.05, 0) is 31.9 Å². The van der Waals surface area contributed by atoms with Crippen LogP contribution in [0.4, 0.5) is 11.4 Å². The highest BCUT2D eigenvalue weighted by atomic mass is 32.2. The average Bonchev–Trinajstić information content (AvgIpc) is 2.56. The van der Waals surface area contributed by atoms with Gasteiger partial charge in [-0.25, -0.2) is 8.42 Å². The Balaban J connectivity index is 2.89. The molecule has 0 saturated heterocycles. The fraction of sp³-hybridized carbons (Fsp3) is 0.588. The number of nitrogens with one attached hydrogen (secondary N) is 2. The Bertz CT molecular complexity index is 644. The Kier molecular flexibility index (Phi) is 8.04. The van der Waals surface area contributed by atoms with Crippen LogP contribution in [0, 0.1) is 5.92 Å². The van der Waals surface area contributed by atoms with Gasteiger partial charge in [-0.2, -0.15) is 0 Å². The molecule has 24 heavy (non-hydrogen) atoms. The van der Waals surface area contributed by atoms with Crippen molar-refractivity contribution >= 4 is 27.3 Å². The molecule has 0 spiro atoms. The second-order valence-electron chi connectivity index (χ2n) is 5.66. The van der Waals surface area contributed by atoms with E-state index in [2.05, 4.69) is 17.0 Å². The van der Waals surface area contributed by atoms with Gasteiger partial charge in [-0.1, -0.05) is 26.7 Å².